The van der Waals surface area contributed by atoms with Gasteiger partial charge in [0.2, 0.25) is 0 Å². The maximum atomic E-state index is 12.9. The zero-order valence-corrected chi connectivity index (χ0v) is 38.8. The number of carbonyl (C=O) groups excluding carboxylic acids is 6. The summed E-state index contributed by atoms with van der Waals surface area (Å²) in [5.41, 5.74) is 0. The van der Waals surface area contributed by atoms with Gasteiger partial charge in [-0.05, 0) is 49.4 Å². The molecule has 0 aromatic rings. The quantitative estimate of drug-likeness (QED) is 0.0414. The van der Waals surface area contributed by atoms with E-state index in [9.17, 15) is 28.8 Å². The Kier molecular flexibility index (Phi) is 27.0. The standard InChI is InChI=1S/C50H83NO12/c52-45(29-25-39-15-5-1-6-16-39)58-35-43(36-59-46(53)30-26-40-17-7-2-8-18-40)62-49(56)23-13-33-51-34-14-24-50(57)63-44(37-60-47(54)31-27-41-19-9-3-10-20-41)38-61-48(55)32-28-42-21-11-4-12-22-42/h39-44,51H,1-38H2/p+1. The molecular formula is C50H84NO12+. The van der Waals surface area contributed by atoms with Gasteiger partial charge in [-0.3, -0.25) is 28.8 Å². The molecule has 0 unspecified atom stereocenters. The normalized spacial score (nSPS) is 18.2. The summed E-state index contributed by atoms with van der Waals surface area (Å²) in [6.07, 6.45) is 28.0. The molecule has 0 amide bonds. The first-order chi connectivity index (χ1) is 30.7. The van der Waals surface area contributed by atoms with Crippen LogP contribution in [0.5, 0.6) is 0 Å². The molecule has 63 heavy (non-hydrogen) atoms. The number of hydrogen-bond acceptors (Lipinski definition) is 12. The summed E-state index contributed by atoms with van der Waals surface area (Å²) < 4.78 is 33.4. The van der Waals surface area contributed by atoms with Gasteiger partial charge in [0, 0.05) is 38.5 Å². The van der Waals surface area contributed by atoms with E-state index in [1.54, 1.807) is 0 Å². The van der Waals surface area contributed by atoms with Crippen molar-refractivity contribution in [3.63, 3.8) is 0 Å². The Bertz CT molecular complexity index is 1140. The van der Waals surface area contributed by atoms with Crippen LogP contribution in [-0.4, -0.2) is 87.5 Å². The van der Waals surface area contributed by atoms with E-state index in [0.717, 1.165) is 77.0 Å². The third kappa shape index (κ3) is 25.2. The molecule has 4 fully saturated rings. The average Bonchev–Trinajstić information content (AvgIpc) is 3.31. The topological polar surface area (TPSA) is 174 Å². The maximum Gasteiger partial charge on any atom is 0.306 e. The smallest absolute Gasteiger partial charge is 0.306 e. The fraction of sp³-hybridized carbons (Fsp3) is 0.880. The summed E-state index contributed by atoms with van der Waals surface area (Å²) in [7, 11) is 0. The lowest BCUT2D eigenvalue weighted by atomic mass is 9.86. The largest absolute Gasteiger partial charge is 0.462 e. The van der Waals surface area contributed by atoms with Crippen LogP contribution in [0.3, 0.4) is 0 Å². The molecule has 4 aliphatic rings. The molecular weight excluding hydrogens is 807 g/mol. The molecule has 0 bridgehead atoms. The van der Waals surface area contributed by atoms with Crippen LogP contribution in [0.4, 0.5) is 0 Å². The number of carbonyl (C=O) groups is 6. The van der Waals surface area contributed by atoms with E-state index in [-0.39, 0.29) is 63.1 Å². The maximum absolute atomic E-state index is 12.9. The van der Waals surface area contributed by atoms with Gasteiger partial charge in [-0.15, -0.1) is 0 Å². The molecule has 0 saturated heterocycles. The van der Waals surface area contributed by atoms with Crippen molar-refractivity contribution in [1.82, 2.24) is 0 Å². The second-order valence-corrected chi connectivity index (χ2v) is 19.2. The van der Waals surface area contributed by atoms with Crippen LogP contribution < -0.4 is 5.32 Å². The van der Waals surface area contributed by atoms with E-state index in [1.807, 2.05) is 5.32 Å². The van der Waals surface area contributed by atoms with Crippen molar-refractivity contribution in [1.29, 1.82) is 0 Å². The Hall–Kier alpha value is -3.22. The zero-order valence-electron chi connectivity index (χ0n) is 38.8. The highest BCUT2D eigenvalue weighted by Gasteiger charge is 2.24. The molecule has 0 heterocycles. The Morgan fingerprint density at radius 3 is 0.857 bits per heavy atom. The lowest BCUT2D eigenvalue weighted by Gasteiger charge is -2.22. The van der Waals surface area contributed by atoms with Gasteiger partial charge < -0.3 is 33.7 Å². The lowest BCUT2D eigenvalue weighted by molar-refractivity contribution is -0.655. The van der Waals surface area contributed by atoms with Crippen molar-refractivity contribution >= 4 is 35.8 Å². The third-order valence-corrected chi connectivity index (χ3v) is 13.8. The van der Waals surface area contributed by atoms with Gasteiger partial charge in [-0.2, -0.15) is 0 Å². The van der Waals surface area contributed by atoms with Crippen LogP contribution in [0, 0.1) is 23.7 Å². The Labute approximate surface area is 378 Å². The molecule has 13 nitrogen and oxygen atoms in total. The molecule has 13 heteroatoms. The summed E-state index contributed by atoms with van der Waals surface area (Å²) in [5.74, 6) is -0.0184. The molecule has 2 N–H and O–H groups in total. The molecule has 0 atom stereocenters. The Morgan fingerprint density at radius 1 is 0.349 bits per heavy atom. The van der Waals surface area contributed by atoms with Crippen LogP contribution in [0.2, 0.25) is 0 Å². The summed E-state index contributed by atoms with van der Waals surface area (Å²) >= 11 is 0. The third-order valence-electron chi connectivity index (χ3n) is 13.8. The van der Waals surface area contributed by atoms with Gasteiger partial charge in [0.05, 0.1) is 25.9 Å². The first kappa shape index (κ1) is 52.4. The predicted molar refractivity (Wildman–Crippen MR) is 237 cm³/mol. The van der Waals surface area contributed by atoms with Gasteiger partial charge in [0.25, 0.3) is 0 Å². The molecule has 4 rings (SSSR count). The van der Waals surface area contributed by atoms with E-state index in [0.29, 0.717) is 75.3 Å². The van der Waals surface area contributed by atoms with Crippen molar-refractivity contribution in [2.24, 2.45) is 23.7 Å². The second-order valence-electron chi connectivity index (χ2n) is 19.2. The molecule has 4 saturated carbocycles. The number of rotatable bonds is 30. The van der Waals surface area contributed by atoms with E-state index in [1.165, 1.54) is 77.0 Å². The fourth-order valence-electron chi connectivity index (χ4n) is 9.87. The molecule has 0 radical (unpaired) electrons. The Balaban J connectivity index is 1.11. The summed E-state index contributed by atoms with van der Waals surface area (Å²) in [6.45, 7) is 0.633. The van der Waals surface area contributed by atoms with Crippen LogP contribution in [0.15, 0.2) is 0 Å². The fourth-order valence-corrected chi connectivity index (χ4v) is 9.87. The van der Waals surface area contributed by atoms with Gasteiger partial charge in [0.15, 0.2) is 12.2 Å². The SMILES string of the molecule is O=C(CCC1CCCCC1)OCC(COC(=O)CCC1CCCCC1)OC(=O)CCC[NH2+]CCCC(=O)OC(COC(=O)CCC1CCCCC1)COC(=O)CCC1CCCCC1. The number of nitrogens with two attached hydrogens (primary N) is 1. The summed E-state index contributed by atoms with van der Waals surface area (Å²) in [5, 5.41) is 2.01. The Morgan fingerprint density at radius 2 is 0.603 bits per heavy atom. The van der Waals surface area contributed by atoms with E-state index < -0.39 is 24.1 Å². The summed E-state index contributed by atoms with van der Waals surface area (Å²) in [4.78, 5) is 76.1. The first-order valence-corrected chi connectivity index (χ1v) is 25.5. The highest BCUT2D eigenvalue weighted by molar-refractivity contribution is 5.72. The van der Waals surface area contributed by atoms with Crippen molar-refractivity contribution in [2.45, 2.75) is 218 Å². The van der Waals surface area contributed by atoms with Crippen LogP contribution in [0.1, 0.15) is 205 Å². The lowest BCUT2D eigenvalue weighted by Crippen LogP contribution is -2.84. The average molecular weight is 891 g/mol. The monoisotopic (exact) mass is 891 g/mol. The van der Waals surface area contributed by atoms with Crippen molar-refractivity contribution < 1.29 is 62.5 Å². The van der Waals surface area contributed by atoms with E-state index >= 15 is 0 Å². The minimum Gasteiger partial charge on any atom is -0.462 e. The van der Waals surface area contributed by atoms with Crippen molar-refractivity contribution in [3.8, 4) is 0 Å². The number of esters is 6. The highest BCUT2D eigenvalue weighted by Crippen LogP contribution is 2.30. The minimum atomic E-state index is -0.872. The van der Waals surface area contributed by atoms with Crippen LogP contribution in [-0.2, 0) is 57.2 Å². The highest BCUT2D eigenvalue weighted by atomic mass is 16.6. The van der Waals surface area contributed by atoms with Gasteiger partial charge >= 0.3 is 35.8 Å². The zero-order chi connectivity index (χ0) is 44.7. The molecule has 0 aromatic heterocycles. The number of quaternary nitrogens is 1. The second kappa shape index (κ2) is 32.4. The molecule has 360 valence electrons. The predicted octanol–water partition coefficient (Wildman–Crippen LogP) is 8.55. The van der Waals surface area contributed by atoms with Crippen LogP contribution >= 0.6 is 0 Å². The van der Waals surface area contributed by atoms with Gasteiger partial charge in [-0.1, -0.05) is 128 Å². The van der Waals surface area contributed by atoms with Gasteiger partial charge in [-0.25, -0.2) is 0 Å². The molecule has 0 spiro atoms. The van der Waals surface area contributed by atoms with Crippen molar-refractivity contribution in [2.75, 3.05) is 39.5 Å². The van der Waals surface area contributed by atoms with E-state index in [4.69, 9.17) is 28.4 Å². The van der Waals surface area contributed by atoms with E-state index in [2.05, 4.69) is 0 Å². The van der Waals surface area contributed by atoms with Crippen LogP contribution in [0.25, 0.3) is 0 Å². The molecule has 0 aliphatic heterocycles. The summed E-state index contributed by atoms with van der Waals surface area (Å²) in [6, 6.07) is 0. The molecule has 4 aliphatic carbocycles. The first-order valence-electron chi connectivity index (χ1n) is 25.5. The minimum absolute atomic E-state index is 0.140. The van der Waals surface area contributed by atoms with Gasteiger partial charge in [0.1, 0.15) is 26.4 Å². The number of ether oxygens (including phenoxy) is 6. The number of hydrogen-bond donors (Lipinski definition) is 1. The van der Waals surface area contributed by atoms with Crippen molar-refractivity contribution in [3.05, 3.63) is 0 Å². The molecule has 0 aromatic carbocycles.